The zero-order valence-electron chi connectivity index (χ0n) is 12.6. The third-order valence-electron chi connectivity index (χ3n) is 3.65. The number of esters is 2. The molecule has 0 spiro atoms. The first kappa shape index (κ1) is 17.0. The van der Waals surface area contributed by atoms with E-state index in [9.17, 15) is 9.59 Å². The van der Waals surface area contributed by atoms with Gasteiger partial charge in [-0.2, -0.15) is 0 Å². The Morgan fingerprint density at radius 1 is 0.950 bits per heavy atom. The van der Waals surface area contributed by atoms with Crippen molar-refractivity contribution in [2.24, 2.45) is 11.8 Å². The third-order valence-corrected chi connectivity index (χ3v) is 3.65. The Morgan fingerprint density at radius 3 is 2.00 bits per heavy atom. The van der Waals surface area contributed by atoms with Crippen molar-refractivity contribution in [3.63, 3.8) is 0 Å². The van der Waals surface area contributed by atoms with E-state index in [1.165, 1.54) is 0 Å². The second-order valence-corrected chi connectivity index (χ2v) is 5.18. The van der Waals surface area contributed by atoms with Crippen molar-refractivity contribution >= 4 is 11.9 Å². The van der Waals surface area contributed by atoms with Crippen LogP contribution in [0.25, 0.3) is 0 Å². The van der Waals surface area contributed by atoms with E-state index in [1.807, 2.05) is 6.92 Å². The molecule has 0 saturated heterocycles. The smallest absolute Gasteiger partial charge is 0.309 e. The maximum Gasteiger partial charge on any atom is 0.309 e. The van der Waals surface area contributed by atoms with E-state index in [1.54, 1.807) is 7.11 Å². The summed E-state index contributed by atoms with van der Waals surface area (Å²) >= 11 is 0. The highest BCUT2D eigenvalue weighted by atomic mass is 16.6. The molecule has 5 nitrogen and oxygen atoms in total. The van der Waals surface area contributed by atoms with Gasteiger partial charge in [-0.3, -0.25) is 9.59 Å². The van der Waals surface area contributed by atoms with Crippen LogP contribution in [-0.2, 0) is 23.8 Å². The molecule has 0 aromatic rings. The summed E-state index contributed by atoms with van der Waals surface area (Å²) in [6.45, 7) is 3.11. The number of hydrogen-bond acceptors (Lipinski definition) is 5. The monoisotopic (exact) mass is 286 g/mol. The van der Waals surface area contributed by atoms with Crippen molar-refractivity contribution in [2.75, 3.05) is 26.9 Å². The Morgan fingerprint density at radius 2 is 1.50 bits per heavy atom. The van der Waals surface area contributed by atoms with E-state index in [2.05, 4.69) is 0 Å². The van der Waals surface area contributed by atoms with Gasteiger partial charge in [0, 0.05) is 7.11 Å². The predicted molar refractivity (Wildman–Crippen MR) is 74.2 cm³/mol. The van der Waals surface area contributed by atoms with E-state index in [0.717, 1.165) is 32.1 Å². The van der Waals surface area contributed by atoms with Gasteiger partial charge < -0.3 is 14.2 Å². The van der Waals surface area contributed by atoms with Crippen molar-refractivity contribution in [3.8, 4) is 0 Å². The molecule has 0 bridgehead atoms. The summed E-state index contributed by atoms with van der Waals surface area (Å²) in [7, 11) is 1.56. The topological polar surface area (TPSA) is 61.8 Å². The van der Waals surface area contributed by atoms with Gasteiger partial charge in [0.2, 0.25) is 0 Å². The van der Waals surface area contributed by atoms with Crippen molar-refractivity contribution in [1.29, 1.82) is 0 Å². The minimum atomic E-state index is -0.352. The molecule has 2 unspecified atom stereocenters. The van der Waals surface area contributed by atoms with E-state index in [0.29, 0.717) is 19.6 Å². The van der Waals surface area contributed by atoms with Gasteiger partial charge in [-0.05, 0) is 19.3 Å². The number of rotatable bonds is 8. The van der Waals surface area contributed by atoms with Crippen LogP contribution in [0.1, 0.15) is 45.4 Å². The molecule has 1 saturated carbocycles. The van der Waals surface area contributed by atoms with Crippen molar-refractivity contribution < 1.29 is 23.8 Å². The zero-order chi connectivity index (χ0) is 14.8. The van der Waals surface area contributed by atoms with E-state index in [-0.39, 0.29) is 30.4 Å². The van der Waals surface area contributed by atoms with Crippen molar-refractivity contribution in [2.45, 2.75) is 45.4 Å². The van der Waals surface area contributed by atoms with Gasteiger partial charge in [-0.15, -0.1) is 0 Å². The van der Waals surface area contributed by atoms with E-state index in [4.69, 9.17) is 14.2 Å². The first-order chi connectivity index (χ1) is 9.70. The van der Waals surface area contributed by atoms with Crippen LogP contribution in [0.15, 0.2) is 0 Å². The number of carbonyl (C=O) groups is 2. The van der Waals surface area contributed by atoms with Crippen LogP contribution < -0.4 is 0 Å². The summed E-state index contributed by atoms with van der Waals surface area (Å²) in [4.78, 5) is 24.1. The average Bonchev–Trinajstić information content (AvgIpc) is 2.47. The molecule has 1 aliphatic rings. The molecule has 0 aromatic heterocycles. The summed E-state index contributed by atoms with van der Waals surface area (Å²) in [6, 6.07) is 0. The zero-order valence-corrected chi connectivity index (χ0v) is 12.6. The maximum atomic E-state index is 12.1. The van der Waals surface area contributed by atoms with Gasteiger partial charge in [0.05, 0.1) is 25.0 Å². The lowest BCUT2D eigenvalue weighted by Gasteiger charge is -2.28. The van der Waals surface area contributed by atoms with Crippen LogP contribution >= 0.6 is 0 Å². The lowest BCUT2D eigenvalue weighted by molar-refractivity contribution is -0.163. The molecule has 5 heteroatoms. The number of ether oxygens (including phenoxy) is 3. The lowest BCUT2D eigenvalue weighted by atomic mass is 9.79. The maximum absolute atomic E-state index is 12.1. The molecule has 0 heterocycles. The standard InChI is InChI=1S/C15H26O5/c1-3-4-9-19-14(16)12-7-5-6-8-13(12)15(17)20-11-10-18-2/h12-13H,3-11H2,1-2H3. The number of carbonyl (C=O) groups excluding carboxylic acids is 2. The van der Waals surface area contributed by atoms with Crippen LogP contribution in [0.3, 0.4) is 0 Å². The lowest BCUT2D eigenvalue weighted by Crippen LogP contribution is -2.35. The average molecular weight is 286 g/mol. The molecule has 2 atom stereocenters. The Labute approximate surface area is 121 Å². The SMILES string of the molecule is CCCCOC(=O)C1CCCCC1C(=O)OCCOC. The van der Waals surface area contributed by atoms with E-state index < -0.39 is 0 Å². The minimum Gasteiger partial charge on any atom is -0.465 e. The molecule has 0 aliphatic heterocycles. The summed E-state index contributed by atoms with van der Waals surface area (Å²) in [5.74, 6) is -1.23. The first-order valence-electron chi connectivity index (χ1n) is 7.53. The van der Waals surface area contributed by atoms with Crippen LogP contribution in [0, 0.1) is 11.8 Å². The molecular formula is C15H26O5. The summed E-state index contributed by atoms with van der Waals surface area (Å²) in [5, 5.41) is 0. The van der Waals surface area contributed by atoms with Crippen LogP contribution in [0.5, 0.6) is 0 Å². The summed E-state index contributed by atoms with van der Waals surface area (Å²) < 4.78 is 15.3. The summed E-state index contributed by atoms with van der Waals surface area (Å²) in [6.07, 6.45) is 5.20. The number of hydrogen-bond donors (Lipinski definition) is 0. The quantitative estimate of drug-likeness (QED) is 0.506. The molecule has 1 fully saturated rings. The Hall–Kier alpha value is -1.10. The fraction of sp³-hybridized carbons (Fsp3) is 0.867. The molecule has 116 valence electrons. The third kappa shape index (κ3) is 5.49. The van der Waals surface area contributed by atoms with Crippen molar-refractivity contribution in [1.82, 2.24) is 0 Å². The molecule has 0 N–H and O–H groups in total. The van der Waals surface area contributed by atoms with Gasteiger partial charge in [-0.25, -0.2) is 0 Å². The van der Waals surface area contributed by atoms with Crippen LogP contribution in [0.2, 0.25) is 0 Å². The molecule has 20 heavy (non-hydrogen) atoms. The molecule has 0 radical (unpaired) electrons. The molecular weight excluding hydrogens is 260 g/mol. The second kappa shape index (κ2) is 9.75. The summed E-state index contributed by atoms with van der Waals surface area (Å²) in [5.41, 5.74) is 0. The van der Waals surface area contributed by atoms with Gasteiger partial charge in [0.15, 0.2) is 0 Å². The van der Waals surface area contributed by atoms with Gasteiger partial charge >= 0.3 is 11.9 Å². The Kier molecular flexibility index (Phi) is 8.26. The van der Waals surface area contributed by atoms with Crippen LogP contribution in [-0.4, -0.2) is 38.9 Å². The van der Waals surface area contributed by atoms with E-state index >= 15 is 0 Å². The number of methoxy groups -OCH3 is 1. The fourth-order valence-electron chi connectivity index (χ4n) is 2.45. The highest BCUT2D eigenvalue weighted by Crippen LogP contribution is 2.32. The van der Waals surface area contributed by atoms with Gasteiger partial charge in [-0.1, -0.05) is 26.2 Å². The minimum absolute atomic E-state index is 0.240. The Bertz CT molecular complexity index is 273. The predicted octanol–water partition coefficient (Wildman–Crippen LogP) is 2.33. The fourth-order valence-corrected chi connectivity index (χ4v) is 2.45. The normalized spacial score (nSPS) is 22.3. The van der Waals surface area contributed by atoms with Gasteiger partial charge in [0.25, 0.3) is 0 Å². The highest BCUT2D eigenvalue weighted by Gasteiger charge is 2.37. The van der Waals surface area contributed by atoms with Gasteiger partial charge in [0.1, 0.15) is 6.61 Å². The van der Waals surface area contributed by atoms with Crippen LogP contribution in [0.4, 0.5) is 0 Å². The van der Waals surface area contributed by atoms with Crippen molar-refractivity contribution in [3.05, 3.63) is 0 Å². The Balaban J connectivity index is 2.48. The second-order valence-electron chi connectivity index (χ2n) is 5.18. The molecule has 1 rings (SSSR count). The largest absolute Gasteiger partial charge is 0.465 e. The molecule has 0 aromatic carbocycles. The first-order valence-corrected chi connectivity index (χ1v) is 7.53. The molecule has 1 aliphatic carbocycles. The highest BCUT2D eigenvalue weighted by molar-refractivity contribution is 5.82. The molecule has 0 amide bonds. The number of unbranched alkanes of at least 4 members (excludes halogenated alkanes) is 1.